The highest BCUT2D eigenvalue weighted by atomic mass is 32.2. The zero-order valence-electron chi connectivity index (χ0n) is 40.2. The van der Waals surface area contributed by atoms with Gasteiger partial charge < -0.3 is 35.4 Å². The van der Waals surface area contributed by atoms with Gasteiger partial charge in [-0.25, -0.2) is 9.36 Å². The second-order valence-electron chi connectivity index (χ2n) is 18.1. The van der Waals surface area contributed by atoms with Crippen LogP contribution < -0.4 is 16.0 Å². The van der Waals surface area contributed by atoms with Gasteiger partial charge in [0, 0.05) is 31.6 Å². The van der Waals surface area contributed by atoms with E-state index in [1.54, 1.807) is 0 Å². The van der Waals surface area contributed by atoms with Crippen molar-refractivity contribution >= 4 is 49.4 Å². The summed E-state index contributed by atoms with van der Waals surface area (Å²) >= 11 is 1.38. The molecule has 0 aromatic rings. The summed E-state index contributed by atoms with van der Waals surface area (Å²) in [4.78, 5) is 72.7. The molecule has 2 aliphatic heterocycles. The van der Waals surface area contributed by atoms with E-state index in [4.69, 9.17) is 23.6 Å². The lowest BCUT2D eigenvalue weighted by molar-refractivity contribution is -0.161. The van der Waals surface area contributed by atoms with Gasteiger partial charge in [0.1, 0.15) is 11.4 Å². The zero-order valence-corrected chi connectivity index (χ0v) is 41.9. The minimum atomic E-state index is -4.70. The van der Waals surface area contributed by atoms with Crippen LogP contribution in [0.1, 0.15) is 219 Å². The van der Waals surface area contributed by atoms with E-state index in [0.717, 1.165) is 38.5 Å². The summed E-state index contributed by atoms with van der Waals surface area (Å²) in [6.45, 7) is 3.03. The molecule has 3 amide bonds. The van der Waals surface area contributed by atoms with Gasteiger partial charge in [0.2, 0.25) is 5.91 Å². The zero-order chi connectivity index (χ0) is 47.4. The summed E-state index contributed by atoms with van der Waals surface area (Å²) in [7, 11) is -4.70. The van der Waals surface area contributed by atoms with E-state index in [1.165, 1.54) is 127 Å². The molecule has 2 saturated heterocycles. The van der Waals surface area contributed by atoms with Gasteiger partial charge in [-0.2, -0.15) is 0 Å². The molecule has 65 heavy (non-hydrogen) atoms. The maximum atomic E-state index is 13.6. The Morgan fingerprint density at radius 1 is 0.677 bits per heavy atom. The van der Waals surface area contributed by atoms with Gasteiger partial charge in [-0.15, -0.1) is 11.8 Å². The number of carbonyl (C=O) groups excluding carboxylic acids is 4. The maximum absolute atomic E-state index is 13.6. The molecule has 0 spiro atoms. The van der Waals surface area contributed by atoms with Gasteiger partial charge in [0.15, 0.2) is 6.10 Å². The number of nitrogens with one attached hydrogen (secondary N) is 3. The highest BCUT2D eigenvalue weighted by molar-refractivity contribution is 8.01. The fraction of sp³-hybridized carbons (Fsp3) is 0.896. The Bertz CT molecular complexity index is 1380. The van der Waals surface area contributed by atoms with E-state index in [1.807, 2.05) is 0 Å². The summed E-state index contributed by atoms with van der Waals surface area (Å²) in [6.07, 6.45) is 31.0. The van der Waals surface area contributed by atoms with Gasteiger partial charge in [-0.1, -0.05) is 174 Å². The summed E-state index contributed by atoms with van der Waals surface area (Å²) < 4.78 is 33.3. The number of hydrogen-bond acceptors (Lipinski definition) is 11. The summed E-state index contributed by atoms with van der Waals surface area (Å²) in [5.41, 5.74) is 0. The Morgan fingerprint density at radius 3 is 1.66 bits per heavy atom. The topological polar surface area (TPSA) is 216 Å². The number of urea groups is 1. The summed E-state index contributed by atoms with van der Waals surface area (Å²) in [5, 5.41) is 17.4. The maximum Gasteiger partial charge on any atom is 0.472 e. The molecule has 5 atom stereocenters. The number of phosphoric ester groups is 1. The number of carbonyl (C=O) groups is 5. The molecule has 0 aliphatic carbocycles. The number of rotatable bonds is 44. The average Bonchev–Trinajstić information content (AvgIpc) is 3.82. The SMILES string of the molecule is CCCCCCCCCCCCCCCC(=O)OCC(COP(=O)(O)OCCNC(=O)[C@@]1(CCCCC(=O)O)SC[C@@H]2NC(=O)N[C@@H]21)OC(=O)CCCCCCCCCCCCCCC. The van der Waals surface area contributed by atoms with E-state index >= 15 is 0 Å². The minimum absolute atomic E-state index is 0.0395. The molecule has 0 radical (unpaired) electrons. The van der Waals surface area contributed by atoms with Crippen molar-refractivity contribution < 1.29 is 57.1 Å². The second kappa shape index (κ2) is 36.6. The molecule has 378 valence electrons. The number of aliphatic carboxylic acids is 1. The highest BCUT2D eigenvalue weighted by Crippen LogP contribution is 2.45. The van der Waals surface area contributed by atoms with Crippen molar-refractivity contribution in [2.75, 3.05) is 32.1 Å². The first kappa shape index (κ1) is 58.7. The van der Waals surface area contributed by atoms with Gasteiger partial charge in [0.25, 0.3) is 0 Å². The van der Waals surface area contributed by atoms with Crippen molar-refractivity contribution in [1.29, 1.82) is 0 Å². The lowest BCUT2D eigenvalue weighted by Gasteiger charge is -2.32. The molecule has 2 heterocycles. The van der Waals surface area contributed by atoms with Crippen molar-refractivity contribution in [1.82, 2.24) is 16.0 Å². The van der Waals surface area contributed by atoms with Gasteiger partial charge in [-0.3, -0.25) is 28.2 Å². The minimum Gasteiger partial charge on any atom is -0.481 e. The van der Waals surface area contributed by atoms with Crippen LogP contribution in [0.4, 0.5) is 4.79 Å². The van der Waals surface area contributed by atoms with Crippen LogP contribution in [0.5, 0.6) is 0 Å². The molecule has 0 saturated carbocycles. The monoisotopic (exact) mass is 962 g/mol. The Morgan fingerprint density at radius 2 is 1.15 bits per heavy atom. The normalized spacial score (nSPS) is 19.2. The van der Waals surface area contributed by atoms with E-state index < -0.39 is 61.7 Å². The number of ether oxygens (including phenoxy) is 2. The first-order valence-electron chi connectivity index (χ1n) is 25.6. The molecule has 17 heteroatoms. The first-order valence-corrected chi connectivity index (χ1v) is 28.1. The summed E-state index contributed by atoms with van der Waals surface area (Å²) in [6, 6.07) is -1.15. The predicted octanol–water partition coefficient (Wildman–Crippen LogP) is 10.8. The number of esters is 2. The fourth-order valence-corrected chi connectivity index (χ4v) is 10.9. The predicted molar refractivity (Wildman–Crippen MR) is 257 cm³/mol. The van der Waals surface area contributed by atoms with E-state index in [9.17, 15) is 33.4 Å². The third-order valence-electron chi connectivity index (χ3n) is 12.4. The smallest absolute Gasteiger partial charge is 0.472 e. The molecule has 2 rings (SSSR count). The van der Waals surface area contributed by atoms with Crippen LogP contribution in [0.3, 0.4) is 0 Å². The molecule has 0 bridgehead atoms. The molecule has 2 fully saturated rings. The third kappa shape index (κ3) is 27.9. The number of thioether (sulfide) groups is 1. The number of fused-ring (bicyclic) bond motifs is 1. The van der Waals surface area contributed by atoms with Crippen molar-refractivity contribution in [3.63, 3.8) is 0 Å². The number of phosphoric acid groups is 1. The molecule has 2 unspecified atom stereocenters. The molecular weight excluding hydrogens is 874 g/mol. The van der Waals surface area contributed by atoms with E-state index in [2.05, 4.69) is 29.8 Å². The van der Waals surface area contributed by atoms with Gasteiger partial charge in [-0.05, 0) is 25.7 Å². The fourth-order valence-electron chi connectivity index (χ4n) is 8.54. The van der Waals surface area contributed by atoms with Crippen molar-refractivity contribution in [3.8, 4) is 0 Å². The molecule has 2 aliphatic rings. The van der Waals surface area contributed by atoms with Crippen LogP contribution in [0.2, 0.25) is 0 Å². The van der Waals surface area contributed by atoms with E-state index in [-0.39, 0.29) is 44.5 Å². The first-order chi connectivity index (χ1) is 31.4. The lowest BCUT2D eigenvalue weighted by atomic mass is 9.88. The van der Waals surface area contributed by atoms with Gasteiger partial charge in [0.05, 0.1) is 25.3 Å². The average molecular weight is 962 g/mol. The highest BCUT2D eigenvalue weighted by Gasteiger charge is 2.57. The Labute approximate surface area is 395 Å². The van der Waals surface area contributed by atoms with Crippen LogP contribution in [0.25, 0.3) is 0 Å². The number of hydrogen-bond donors (Lipinski definition) is 5. The van der Waals surface area contributed by atoms with E-state index in [0.29, 0.717) is 37.9 Å². The molecule has 0 aromatic heterocycles. The standard InChI is InChI=1S/C48H88N3O12PS/c1-3-5-7-9-11-13-15-17-19-21-23-25-27-32-43(54)60-37-40(63-44(55)33-28-26-24-22-20-18-16-14-12-10-8-6-4-2)38-62-64(58,59)61-36-35-49-46(56)48(34-30-29-31-42(52)53)45-41(39-65-48)50-47(57)51-45/h40-41,45H,3-39H2,1-2H3,(H,49,56)(H,52,53)(H,58,59)(H2,50,51,57)/t40?,41-,45-,48-/m0/s1. The largest absolute Gasteiger partial charge is 0.481 e. The number of amides is 3. The van der Waals surface area contributed by atoms with Crippen LogP contribution >= 0.6 is 19.6 Å². The van der Waals surface area contributed by atoms with Crippen molar-refractivity contribution in [2.45, 2.75) is 242 Å². The second-order valence-corrected chi connectivity index (χ2v) is 20.9. The number of unbranched alkanes of at least 4 members (excludes halogenated alkanes) is 25. The van der Waals surface area contributed by atoms with Crippen molar-refractivity contribution in [3.05, 3.63) is 0 Å². The van der Waals surface area contributed by atoms with Crippen LogP contribution in [-0.4, -0.2) is 94.9 Å². The van der Waals surface area contributed by atoms with Crippen LogP contribution in [-0.2, 0) is 42.3 Å². The van der Waals surface area contributed by atoms with Gasteiger partial charge >= 0.3 is 31.8 Å². The van der Waals surface area contributed by atoms with Crippen LogP contribution in [0, 0.1) is 0 Å². The number of carboxylic acid groups (broad SMARTS) is 1. The third-order valence-corrected chi connectivity index (χ3v) is 15.0. The van der Waals surface area contributed by atoms with Crippen molar-refractivity contribution in [2.24, 2.45) is 0 Å². The molecule has 0 aromatic carbocycles. The number of carboxylic acids is 1. The summed E-state index contributed by atoms with van der Waals surface area (Å²) in [5.74, 6) is -1.79. The molecule has 15 nitrogen and oxygen atoms in total. The van der Waals surface area contributed by atoms with Crippen LogP contribution in [0.15, 0.2) is 0 Å². The Balaban J connectivity index is 1.78. The lowest BCUT2D eigenvalue weighted by Crippen LogP contribution is -2.56. The molecule has 5 N–H and O–H groups in total. The Hall–Kier alpha value is -2.39. The quantitative estimate of drug-likeness (QED) is 0.0166. The Kier molecular flexibility index (Phi) is 33.1. The molecular formula is C48H88N3O12PS.